The van der Waals surface area contributed by atoms with Crippen molar-refractivity contribution in [2.24, 2.45) is 0 Å². The third-order valence-corrected chi connectivity index (χ3v) is 2.63. The number of hydrogen-bond acceptors (Lipinski definition) is 4. The minimum absolute atomic E-state index is 0.268. The summed E-state index contributed by atoms with van der Waals surface area (Å²) in [5, 5.41) is 0. The van der Waals surface area contributed by atoms with E-state index in [1.165, 1.54) is 12.8 Å². The molecular weight excluding hydrogens is 244 g/mol. The lowest BCUT2D eigenvalue weighted by atomic mass is 10.2. The number of rotatable bonds is 9. The minimum atomic E-state index is -0.338. The maximum absolute atomic E-state index is 11.6. The number of carbonyl (C=O) groups is 1. The first-order chi connectivity index (χ1) is 9.27. The number of methoxy groups -OCH3 is 1. The molecule has 1 rings (SSSR count). The Labute approximate surface area is 114 Å². The Kier molecular flexibility index (Phi) is 7.66. The van der Waals surface area contributed by atoms with Crippen LogP contribution in [0.1, 0.15) is 36.5 Å². The van der Waals surface area contributed by atoms with E-state index in [0.717, 1.165) is 12.2 Å². The molecule has 0 heterocycles. The molecule has 0 saturated heterocycles. The summed E-state index contributed by atoms with van der Waals surface area (Å²) < 4.78 is 15.4. The van der Waals surface area contributed by atoms with Gasteiger partial charge in [-0.3, -0.25) is 0 Å². The lowest BCUT2D eigenvalue weighted by Crippen LogP contribution is -2.09. The molecule has 106 valence electrons. The van der Waals surface area contributed by atoms with Gasteiger partial charge in [0.1, 0.15) is 12.4 Å². The number of unbranched alkanes of at least 4 members (excludes halogenated alkanes) is 2. The van der Waals surface area contributed by atoms with Crippen LogP contribution in [0.2, 0.25) is 0 Å². The first-order valence-corrected chi connectivity index (χ1v) is 6.67. The third-order valence-electron chi connectivity index (χ3n) is 2.63. The zero-order valence-corrected chi connectivity index (χ0v) is 11.7. The normalized spacial score (nSPS) is 10.2. The van der Waals surface area contributed by atoms with Crippen LogP contribution in [-0.4, -0.2) is 32.9 Å². The van der Waals surface area contributed by atoms with Crippen molar-refractivity contribution in [1.29, 1.82) is 0 Å². The van der Waals surface area contributed by atoms with Crippen molar-refractivity contribution in [3.05, 3.63) is 29.8 Å². The van der Waals surface area contributed by atoms with E-state index in [2.05, 4.69) is 6.92 Å². The lowest BCUT2D eigenvalue weighted by Gasteiger charge is -2.07. The van der Waals surface area contributed by atoms with Crippen LogP contribution >= 0.6 is 0 Å². The van der Waals surface area contributed by atoms with Gasteiger partial charge in [0.15, 0.2) is 0 Å². The van der Waals surface area contributed by atoms with Crippen molar-refractivity contribution < 1.29 is 19.0 Å². The monoisotopic (exact) mass is 266 g/mol. The van der Waals surface area contributed by atoms with Crippen molar-refractivity contribution in [2.75, 3.05) is 26.9 Å². The summed E-state index contributed by atoms with van der Waals surface area (Å²) in [5.41, 5.74) is 0.525. The molecule has 0 N–H and O–H groups in total. The zero-order valence-electron chi connectivity index (χ0n) is 11.7. The minimum Gasteiger partial charge on any atom is -0.494 e. The first-order valence-electron chi connectivity index (χ1n) is 6.67. The van der Waals surface area contributed by atoms with Crippen molar-refractivity contribution >= 4 is 5.97 Å². The van der Waals surface area contributed by atoms with Gasteiger partial charge in [-0.05, 0) is 30.7 Å². The van der Waals surface area contributed by atoms with E-state index in [9.17, 15) is 4.79 Å². The molecule has 1 aromatic carbocycles. The van der Waals surface area contributed by atoms with Gasteiger partial charge in [-0.2, -0.15) is 0 Å². The number of esters is 1. The summed E-state index contributed by atoms with van der Waals surface area (Å²) in [5.74, 6) is 0.444. The van der Waals surface area contributed by atoms with Gasteiger partial charge in [-0.25, -0.2) is 4.79 Å². The van der Waals surface area contributed by atoms with Crippen LogP contribution in [0.4, 0.5) is 0 Å². The van der Waals surface area contributed by atoms with Gasteiger partial charge in [-0.15, -0.1) is 0 Å². The average Bonchev–Trinajstić information content (AvgIpc) is 2.44. The van der Waals surface area contributed by atoms with Gasteiger partial charge in [0.2, 0.25) is 0 Å². The molecule has 0 bridgehead atoms. The highest BCUT2D eigenvalue weighted by Gasteiger charge is 2.06. The van der Waals surface area contributed by atoms with Crippen LogP contribution in [0.15, 0.2) is 24.3 Å². The number of carbonyl (C=O) groups excluding carboxylic acids is 1. The molecule has 0 aliphatic carbocycles. The highest BCUT2D eigenvalue weighted by atomic mass is 16.6. The lowest BCUT2D eigenvalue weighted by molar-refractivity contribution is 0.0388. The van der Waals surface area contributed by atoms with E-state index in [-0.39, 0.29) is 12.6 Å². The molecule has 1 aromatic rings. The van der Waals surface area contributed by atoms with Gasteiger partial charge in [0.05, 0.1) is 18.8 Å². The fourth-order valence-corrected chi connectivity index (χ4v) is 1.53. The summed E-state index contributed by atoms with van der Waals surface area (Å²) in [6.07, 6.45) is 3.40. The highest BCUT2D eigenvalue weighted by molar-refractivity contribution is 5.89. The van der Waals surface area contributed by atoms with Crippen LogP contribution in [0, 0.1) is 0 Å². The fourth-order valence-electron chi connectivity index (χ4n) is 1.53. The van der Waals surface area contributed by atoms with Crippen LogP contribution in [-0.2, 0) is 9.47 Å². The highest BCUT2D eigenvalue weighted by Crippen LogP contribution is 2.13. The van der Waals surface area contributed by atoms with Crippen LogP contribution in [0.5, 0.6) is 5.75 Å². The van der Waals surface area contributed by atoms with Gasteiger partial charge >= 0.3 is 5.97 Å². The van der Waals surface area contributed by atoms with Crippen LogP contribution < -0.4 is 4.74 Å². The maximum atomic E-state index is 11.6. The topological polar surface area (TPSA) is 44.8 Å². The SMILES string of the molecule is CCCCCOc1ccc(C(=O)OCCOC)cc1. The summed E-state index contributed by atoms with van der Waals surface area (Å²) >= 11 is 0. The Morgan fingerprint density at radius 3 is 2.42 bits per heavy atom. The van der Waals surface area contributed by atoms with Crippen molar-refractivity contribution in [2.45, 2.75) is 26.2 Å². The quantitative estimate of drug-likeness (QED) is 0.509. The molecule has 4 nitrogen and oxygen atoms in total. The van der Waals surface area contributed by atoms with Gasteiger partial charge in [-0.1, -0.05) is 19.8 Å². The van der Waals surface area contributed by atoms with Crippen molar-refractivity contribution in [3.63, 3.8) is 0 Å². The molecular formula is C15H22O4. The van der Waals surface area contributed by atoms with E-state index >= 15 is 0 Å². The second-order valence-corrected chi connectivity index (χ2v) is 4.21. The Hall–Kier alpha value is -1.55. The van der Waals surface area contributed by atoms with Crippen LogP contribution in [0.25, 0.3) is 0 Å². The van der Waals surface area contributed by atoms with E-state index in [1.54, 1.807) is 31.4 Å². The molecule has 0 unspecified atom stereocenters. The molecule has 19 heavy (non-hydrogen) atoms. The maximum Gasteiger partial charge on any atom is 0.338 e. The molecule has 0 amide bonds. The Morgan fingerprint density at radius 1 is 1.05 bits per heavy atom. The van der Waals surface area contributed by atoms with Gasteiger partial charge < -0.3 is 14.2 Å². The van der Waals surface area contributed by atoms with Crippen molar-refractivity contribution in [3.8, 4) is 5.75 Å². The zero-order chi connectivity index (χ0) is 13.9. The summed E-state index contributed by atoms with van der Waals surface area (Å²) in [6, 6.07) is 7.01. The second kappa shape index (κ2) is 9.39. The van der Waals surface area contributed by atoms with Gasteiger partial charge in [0, 0.05) is 7.11 Å². The Balaban J connectivity index is 2.36. The molecule has 0 fully saturated rings. The molecule has 0 atom stereocenters. The predicted molar refractivity (Wildman–Crippen MR) is 73.6 cm³/mol. The summed E-state index contributed by atoms with van der Waals surface area (Å²) in [6.45, 7) is 3.55. The van der Waals surface area contributed by atoms with E-state index < -0.39 is 0 Å². The molecule has 0 radical (unpaired) electrons. The summed E-state index contributed by atoms with van der Waals surface area (Å²) in [4.78, 5) is 11.6. The summed E-state index contributed by atoms with van der Waals surface area (Å²) in [7, 11) is 1.57. The van der Waals surface area contributed by atoms with Crippen molar-refractivity contribution in [1.82, 2.24) is 0 Å². The average molecular weight is 266 g/mol. The first kappa shape index (κ1) is 15.5. The molecule has 0 spiro atoms. The fraction of sp³-hybridized carbons (Fsp3) is 0.533. The van der Waals surface area contributed by atoms with E-state index in [0.29, 0.717) is 18.8 Å². The number of benzene rings is 1. The molecule has 0 aliphatic heterocycles. The second-order valence-electron chi connectivity index (χ2n) is 4.21. The Bertz CT molecular complexity index is 359. The van der Waals surface area contributed by atoms with Crippen LogP contribution in [0.3, 0.4) is 0 Å². The largest absolute Gasteiger partial charge is 0.494 e. The third kappa shape index (κ3) is 6.25. The van der Waals surface area contributed by atoms with E-state index in [1.807, 2.05) is 0 Å². The standard InChI is InChI=1S/C15H22O4/c1-3-4-5-10-18-14-8-6-13(7-9-14)15(16)19-12-11-17-2/h6-9H,3-5,10-12H2,1-2H3. The number of hydrogen-bond donors (Lipinski definition) is 0. The van der Waals surface area contributed by atoms with E-state index in [4.69, 9.17) is 14.2 Å². The van der Waals surface area contributed by atoms with Gasteiger partial charge in [0.25, 0.3) is 0 Å². The predicted octanol–water partition coefficient (Wildman–Crippen LogP) is 3.06. The number of ether oxygens (including phenoxy) is 3. The molecule has 0 saturated carbocycles. The molecule has 4 heteroatoms. The molecule has 0 aliphatic rings. The Morgan fingerprint density at radius 2 is 1.79 bits per heavy atom. The molecule has 0 aromatic heterocycles. The smallest absolute Gasteiger partial charge is 0.338 e.